The first-order valence-corrected chi connectivity index (χ1v) is 5.55. The van der Waals surface area contributed by atoms with Gasteiger partial charge in [0.25, 0.3) is 0 Å². The summed E-state index contributed by atoms with van der Waals surface area (Å²) in [7, 11) is 0. The van der Waals surface area contributed by atoms with Crippen LogP contribution in [-0.2, 0) is 0 Å². The van der Waals surface area contributed by atoms with Gasteiger partial charge < -0.3 is 15.3 Å². The molecular weight excluding hydrogens is 203 g/mol. The van der Waals surface area contributed by atoms with Crippen LogP contribution in [0.2, 0.25) is 0 Å². The third-order valence-electron chi connectivity index (χ3n) is 1.00. The molecule has 0 amide bonds. The van der Waals surface area contributed by atoms with Gasteiger partial charge in [-0.1, -0.05) is 59.3 Å². The molecule has 0 atom stereocenters. The predicted octanol–water partition coefficient (Wildman–Crippen LogP) is -0.373. The Kier molecular flexibility index (Phi) is 31.8. The minimum atomic E-state index is 0. The van der Waals surface area contributed by atoms with E-state index in [2.05, 4.69) is 0 Å². The van der Waals surface area contributed by atoms with Crippen molar-refractivity contribution in [1.29, 1.82) is 0 Å². The molecule has 0 bridgehead atoms. The standard InChI is InChI=1S/3C4H9O.B/c3*1-4(2)3-5;/h3*4H,3H2,1-2H3;/q3*-1;+3. The van der Waals surface area contributed by atoms with Crippen molar-refractivity contribution in [3.63, 3.8) is 0 Å². The summed E-state index contributed by atoms with van der Waals surface area (Å²) in [5.74, 6) is 0.986. The van der Waals surface area contributed by atoms with Crippen molar-refractivity contribution in [2.45, 2.75) is 41.5 Å². The van der Waals surface area contributed by atoms with Crippen LogP contribution < -0.4 is 15.3 Å². The molecule has 0 aromatic carbocycles. The second-order valence-corrected chi connectivity index (χ2v) is 4.68. The molecule has 0 aromatic rings. The molecule has 0 aliphatic heterocycles. The molecule has 0 aromatic heterocycles. The summed E-state index contributed by atoms with van der Waals surface area (Å²) >= 11 is 0. The van der Waals surface area contributed by atoms with Crippen LogP contribution in [0.5, 0.6) is 0 Å². The van der Waals surface area contributed by atoms with E-state index in [-0.39, 0.29) is 28.2 Å². The summed E-state index contributed by atoms with van der Waals surface area (Å²) in [6, 6.07) is 0. The molecule has 0 saturated carbocycles. The average molecular weight is 230 g/mol. The molecule has 0 aliphatic carbocycles. The summed E-state index contributed by atoms with van der Waals surface area (Å²) in [6.45, 7) is 11.6. The molecule has 4 heteroatoms. The fraction of sp³-hybridized carbons (Fsp3) is 1.00. The van der Waals surface area contributed by atoms with E-state index < -0.39 is 0 Å². The van der Waals surface area contributed by atoms with Gasteiger partial charge in [0, 0.05) is 0 Å². The topological polar surface area (TPSA) is 69.2 Å². The van der Waals surface area contributed by atoms with E-state index in [1.165, 1.54) is 0 Å². The van der Waals surface area contributed by atoms with Crippen LogP contribution in [0.1, 0.15) is 41.5 Å². The van der Waals surface area contributed by atoms with Crippen molar-refractivity contribution in [2.24, 2.45) is 17.8 Å². The van der Waals surface area contributed by atoms with Gasteiger partial charge in [-0.05, 0) is 0 Å². The zero-order chi connectivity index (χ0) is 12.9. The molecule has 0 heterocycles. The predicted molar refractivity (Wildman–Crippen MR) is 64.9 cm³/mol. The van der Waals surface area contributed by atoms with E-state index >= 15 is 0 Å². The summed E-state index contributed by atoms with van der Waals surface area (Å²) in [4.78, 5) is 0. The fourth-order valence-corrected chi connectivity index (χ4v) is 0. The number of rotatable bonds is 3. The molecule has 0 aliphatic rings. The van der Waals surface area contributed by atoms with Crippen molar-refractivity contribution in [2.75, 3.05) is 19.8 Å². The molecular formula is C12H27BO3. The van der Waals surface area contributed by atoms with E-state index in [0.717, 1.165) is 0 Å². The molecule has 0 saturated heterocycles. The van der Waals surface area contributed by atoms with Crippen LogP contribution in [-0.4, -0.2) is 28.2 Å². The monoisotopic (exact) mass is 230 g/mol. The van der Waals surface area contributed by atoms with Gasteiger partial charge in [0.1, 0.15) is 0 Å². The molecule has 3 nitrogen and oxygen atoms in total. The van der Waals surface area contributed by atoms with Crippen molar-refractivity contribution in [3.05, 3.63) is 0 Å². The second-order valence-electron chi connectivity index (χ2n) is 4.68. The molecule has 0 radical (unpaired) electrons. The Morgan fingerprint density at radius 2 is 0.625 bits per heavy atom. The first-order valence-electron chi connectivity index (χ1n) is 5.55. The number of hydrogen-bond acceptors (Lipinski definition) is 3. The minimum Gasteiger partial charge on any atom is -0.854 e. The minimum absolute atomic E-state index is 0. The van der Waals surface area contributed by atoms with Crippen LogP contribution >= 0.6 is 0 Å². The van der Waals surface area contributed by atoms with Crippen LogP contribution in [0.15, 0.2) is 0 Å². The van der Waals surface area contributed by atoms with Gasteiger partial charge in [-0.15, -0.1) is 19.8 Å². The van der Waals surface area contributed by atoms with E-state index in [1.807, 2.05) is 41.5 Å². The van der Waals surface area contributed by atoms with Crippen molar-refractivity contribution < 1.29 is 15.3 Å². The van der Waals surface area contributed by atoms with Gasteiger partial charge in [0.05, 0.1) is 0 Å². The summed E-state index contributed by atoms with van der Waals surface area (Å²) in [6.07, 6.45) is 0. The Morgan fingerprint density at radius 1 is 0.562 bits per heavy atom. The van der Waals surface area contributed by atoms with Crippen LogP contribution in [0.4, 0.5) is 0 Å². The van der Waals surface area contributed by atoms with Gasteiger partial charge in [-0.3, -0.25) is 0 Å². The van der Waals surface area contributed by atoms with Gasteiger partial charge >= 0.3 is 8.41 Å². The SMILES string of the molecule is CC(C)C[O-].CC(C)C[O-].CC(C)C[O-].[B+3]. The Bertz CT molecular complexity index is 77.2. The van der Waals surface area contributed by atoms with Crippen LogP contribution in [0.25, 0.3) is 0 Å². The quantitative estimate of drug-likeness (QED) is 0.621. The zero-order valence-electron chi connectivity index (χ0n) is 11.7. The van der Waals surface area contributed by atoms with E-state index in [4.69, 9.17) is 0 Å². The van der Waals surface area contributed by atoms with Gasteiger partial charge in [-0.25, -0.2) is 0 Å². The van der Waals surface area contributed by atoms with E-state index in [0.29, 0.717) is 17.8 Å². The molecule has 0 rings (SSSR count). The van der Waals surface area contributed by atoms with E-state index in [1.54, 1.807) is 0 Å². The first-order chi connectivity index (χ1) is 6.81. The van der Waals surface area contributed by atoms with Crippen molar-refractivity contribution >= 4 is 8.41 Å². The van der Waals surface area contributed by atoms with Gasteiger partial charge in [0.15, 0.2) is 0 Å². The Hall–Kier alpha value is -0.0551. The zero-order valence-corrected chi connectivity index (χ0v) is 11.7. The van der Waals surface area contributed by atoms with Gasteiger partial charge in [0.2, 0.25) is 0 Å². The number of hydrogen-bond donors (Lipinski definition) is 0. The Morgan fingerprint density at radius 3 is 0.625 bits per heavy atom. The summed E-state index contributed by atoms with van der Waals surface area (Å²) in [5.41, 5.74) is 0. The molecule has 16 heavy (non-hydrogen) atoms. The maximum atomic E-state index is 9.63. The molecule has 0 fully saturated rings. The van der Waals surface area contributed by atoms with Crippen LogP contribution in [0.3, 0.4) is 0 Å². The van der Waals surface area contributed by atoms with E-state index in [9.17, 15) is 15.3 Å². The molecule has 0 N–H and O–H groups in total. The maximum Gasteiger partial charge on any atom is 3.00 e. The maximum absolute atomic E-state index is 9.63. The third-order valence-corrected chi connectivity index (χ3v) is 1.00. The summed E-state index contributed by atoms with van der Waals surface area (Å²) in [5, 5.41) is 28.9. The molecule has 0 unspecified atom stereocenters. The van der Waals surface area contributed by atoms with Gasteiger partial charge in [-0.2, -0.15) is 0 Å². The Balaban J connectivity index is -0.0000000655. The van der Waals surface area contributed by atoms with Crippen molar-refractivity contribution in [1.82, 2.24) is 0 Å². The summed E-state index contributed by atoms with van der Waals surface area (Å²) < 4.78 is 0. The normalized spacial score (nSPS) is 9.00. The largest absolute Gasteiger partial charge is 3.00 e. The Labute approximate surface area is 103 Å². The van der Waals surface area contributed by atoms with Crippen LogP contribution in [0, 0.1) is 17.8 Å². The fourth-order valence-electron chi connectivity index (χ4n) is 0. The second kappa shape index (κ2) is 20.4. The molecule has 0 spiro atoms. The van der Waals surface area contributed by atoms with Crippen molar-refractivity contribution in [3.8, 4) is 0 Å². The smallest absolute Gasteiger partial charge is 0.854 e. The average Bonchev–Trinajstić information content (AvgIpc) is 2.19. The third kappa shape index (κ3) is 66.1. The first kappa shape index (κ1) is 25.0. The molecule has 96 valence electrons.